The fourth-order valence-electron chi connectivity index (χ4n) is 5.00. The quantitative estimate of drug-likeness (QED) is 0.740. The summed E-state index contributed by atoms with van der Waals surface area (Å²) in [7, 11) is 1.68. The molecular weight excluding hydrogens is 380 g/mol. The van der Waals surface area contributed by atoms with Gasteiger partial charge in [0.05, 0.1) is 25.7 Å². The summed E-state index contributed by atoms with van der Waals surface area (Å²) in [6.45, 7) is 6.41. The zero-order valence-corrected chi connectivity index (χ0v) is 18.1. The summed E-state index contributed by atoms with van der Waals surface area (Å²) in [5, 5.41) is 9.19. The number of benzene rings is 2. The van der Waals surface area contributed by atoms with E-state index >= 15 is 0 Å². The van der Waals surface area contributed by atoms with Crippen LogP contribution in [-0.2, 0) is 16.0 Å². The van der Waals surface area contributed by atoms with Gasteiger partial charge in [-0.15, -0.1) is 0 Å². The molecule has 5 heteroatoms. The fourth-order valence-corrected chi connectivity index (χ4v) is 5.00. The van der Waals surface area contributed by atoms with E-state index in [9.17, 15) is 9.90 Å². The first-order chi connectivity index (χ1) is 14.3. The molecule has 0 unspecified atom stereocenters. The standard InChI is InChI=1S/C25H30O5/c1-5-21-18(16-7-9-17(28-4)10-8-16)14-20-24(29-21)19-12-15(13-23(26)27)6-11-22(19)30-25(20,2)3/h6-12,18,20-21,24H,5,13-14H2,1-4H3,(H,26,27)/t18-,20-,21-,24+/m0/s1. The van der Waals surface area contributed by atoms with Crippen LogP contribution in [0.5, 0.6) is 11.5 Å². The molecule has 160 valence electrons. The number of carboxylic acids is 1. The molecule has 2 aliphatic heterocycles. The van der Waals surface area contributed by atoms with Crippen LogP contribution in [0.4, 0.5) is 0 Å². The highest BCUT2D eigenvalue weighted by Crippen LogP contribution is 2.54. The van der Waals surface area contributed by atoms with Gasteiger partial charge in [0.25, 0.3) is 0 Å². The van der Waals surface area contributed by atoms with Crippen molar-refractivity contribution >= 4 is 5.97 Å². The maximum atomic E-state index is 11.2. The molecule has 2 aromatic rings. The predicted octanol–water partition coefficient (Wildman–Crippen LogP) is 5.13. The molecule has 0 bridgehead atoms. The van der Waals surface area contributed by atoms with Gasteiger partial charge in [0.1, 0.15) is 17.1 Å². The second-order valence-electron chi connectivity index (χ2n) is 8.87. The number of carboxylic acid groups (broad SMARTS) is 1. The smallest absolute Gasteiger partial charge is 0.307 e. The van der Waals surface area contributed by atoms with Crippen molar-refractivity contribution in [1.29, 1.82) is 0 Å². The normalized spacial score (nSPS) is 26.8. The third-order valence-corrected chi connectivity index (χ3v) is 6.59. The van der Waals surface area contributed by atoms with E-state index in [0.29, 0.717) is 0 Å². The summed E-state index contributed by atoms with van der Waals surface area (Å²) < 4.78 is 18.4. The van der Waals surface area contributed by atoms with E-state index in [1.165, 1.54) is 5.56 Å². The highest BCUT2D eigenvalue weighted by atomic mass is 16.5. The molecule has 2 heterocycles. The summed E-state index contributed by atoms with van der Waals surface area (Å²) in [4.78, 5) is 11.2. The molecule has 30 heavy (non-hydrogen) atoms. The van der Waals surface area contributed by atoms with Gasteiger partial charge in [-0.3, -0.25) is 4.79 Å². The van der Waals surface area contributed by atoms with Gasteiger partial charge in [0.15, 0.2) is 0 Å². The van der Waals surface area contributed by atoms with Gasteiger partial charge in [-0.2, -0.15) is 0 Å². The Balaban J connectivity index is 1.69. The Morgan fingerprint density at radius 3 is 2.57 bits per heavy atom. The molecule has 0 amide bonds. The maximum Gasteiger partial charge on any atom is 0.307 e. The molecule has 2 aromatic carbocycles. The molecule has 0 saturated carbocycles. The Labute approximate surface area is 178 Å². The lowest BCUT2D eigenvalue weighted by Crippen LogP contribution is -2.50. The van der Waals surface area contributed by atoms with Crippen molar-refractivity contribution in [3.05, 3.63) is 59.2 Å². The lowest BCUT2D eigenvalue weighted by atomic mass is 9.70. The Kier molecular flexibility index (Phi) is 5.49. The number of rotatable bonds is 5. The van der Waals surface area contributed by atoms with Gasteiger partial charge >= 0.3 is 5.97 Å². The molecule has 1 fully saturated rings. The van der Waals surface area contributed by atoms with Crippen LogP contribution >= 0.6 is 0 Å². The molecule has 4 rings (SSSR count). The number of fused-ring (bicyclic) bond motifs is 3. The van der Waals surface area contributed by atoms with E-state index in [1.54, 1.807) is 7.11 Å². The topological polar surface area (TPSA) is 65.0 Å². The molecule has 0 radical (unpaired) electrons. The Bertz CT molecular complexity index is 918. The lowest BCUT2D eigenvalue weighted by Gasteiger charge is -2.51. The number of hydrogen-bond acceptors (Lipinski definition) is 4. The highest BCUT2D eigenvalue weighted by molar-refractivity contribution is 5.70. The minimum atomic E-state index is -0.834. The van der Waals surface area contributed by atoms with Crippen LogP contribution < -0.4 is 9.47 Å². The summed E-state index contributed by atoms with van der Waals surface area (Å²) in [5.74, 6) is 1.25. The molecule has 1 N–H and O–H groups in total. The summed E-state index contributed by atoms with van der Waals surface area (Å²) in [6.07, 6.45) is 1.84. The van der Waals surface area contributed by atoms with Crippen molar-refractivity contribution in [2.45, 2.75) is 63.8 Å². The van der Waals surface area contributed by atoms with E-state index < -0.39 is 5.97 Å². The predicted molar refractivity (Wildman–Crippen MR) is 114 cm³/mol. The van der Waals surface area contributed by atoms with Gasteiger partial charge in [-0.05, 0) is 62.1 Å². The fraction of sp³-hybridized carbons (Fsp3) is 0.480. The minimum absolute atomic E-state index is 0.000259. The second-order valence-corrected chi connectivity index (χ2v) is 8.87. The average Bonchev–Trinajstić information content (AvgIpc) is 2.73. The largest absolute Gasteiger partial charge is 0.497 e. The van der Waals surface area contributed by atoms with Crippen molar-refractivity contribution in [3.63, 3.8) is 0 Å². The van der Waals surface area contributed by atoms with Crippen molar-refractivity contribution < 1.29 is 24.1 Å². The van der Waals surface area contributed by atoms with Crippen molar-refractivity contribution in [2.24, 2.45) is 5.92 Å². The summed E-state index contributed by atoms with van der Waals surface area (Å²) in [5.41, 5.74) is 2.62. The third-order valence-electron chi connectivity index (χ3n) is 6.59. The van der Waals surface area contributed by atoms with Crippen LogP contribution in [0.2, 0.25) is 0 Å². The summed E-state index contributed by atoms with van der Waals surface area (Å²) in [6, 6.07) is 14.0. The lowest BCUT2D eigenvalue weighted by molar-refractivity contribution is -0.159. The van der Waals surface area contributed by atoms with E-state index in [1.807, 2.05) is 30.3 Å². The summed E-state index contributed by atoms with van der Waals surface area (Å²) >= 11 is 0. The Morgan fingerprint density at radius 1 is 1.20 bits per heavy atom. The van der Waals surface area contributed by atoms with Crippen LogP contribution in [0.25, 0.3) is 0 Å². The van der Waals surface area contributed by atoms with Crippen molar-refractivity contribution in [2.75, 3.05) is 7.11 Å². The number of hydrogen-bond donors (Lipinski definition) is 1. The molecule has 1 saturated heterocycles. The molecule has 0 aliphatic carbocycles. The molecule has 4 atom stereocenters. The van der Waals surface area contributed by atoms with Crippen LogP contribution in [0.3, 0.4) is 0 Å². The SMILES string of the molecule is CC[C@@H]1O[C@@H]2c3cc(CC(=O)O)ccc3OC(C)(C)[C@H]2C[C@H]1c1ccc(OC)cc1. The van der Waals surface area contributed by atoms with Crippen molar-refractivity contribution in [1.82, 2.24) is 0 Å². The Morgan fingerprint density at radius 2 is 1.93 bits per heavy atom. The highest BCUT2D eigenvalue weighted by Gasteiger charge is 2.50. The zero-order valence-electron chi connectivity index (χ0n) is 18.1. The number of ether oxygens (including phenoxy) is 3. The van der Waals surface area contributed by atoms with Gasteiger partial charge in [-0.25, -0.2) is 0 Å². The second kappa shape index (κ2) is 7.95. The van der Waals surface area contributed by atoms with Crippen LogP contribution in [0.15, 0.2) is 42.5 Å². The molecule has 5 nitrogen and oxygen atoms in total. The zero-order chi connectivity index (χ0) is 21.5. The minimum Gasteiger partial charge on any atom is -0.497 e. The van der Waals surface area contributed by atoms with E-state index in [4.69, 9.17) is 14.2 Å². The van der Waals surface area contributed by atoms with Crippen LogP contribution in [-0.4, -0.2) is 29.9 Å². The first kappa shape index (κ1) is 20.7. The van der Waals surface area contributed by atoms with Crippen LogP contribution in [0, 0.1) is 5.92 Å². The first-order valence-electron chi connectivity index (χ1n) is 10.7. The van der Waals surface area contributed by atoms with E-state index in [2.05, 4.69) is 32.9 Å². The molecule has 0 spiro atoms. The molecule has 2 aliphatic rings. The van der Waals surface area contributed by atoms with Gasteiger partial charge in [-0.1, -0.05) is 25.1 Å². The number of carbonyl (C=O) groups is 1. The third kappa shape index (κ3) is 3.79. The van der Waals surface area contributed by atoms with Gasteiger partial charge < -0.3 is 19.3 Å². The van der Waals surface area contributed by atoms with Gasteiger partial charge in [0, 0.05) is 17.4 Å². The number of aliphatic carboxylic acids is 1. The number of methoxy groups -OCH3 is 1. The first-order valence-corrected chi connectivity index (χ1v) is 10.7. The van der Waals surface area contributed by atoms with Crippen LogP contribution in [0.1, 0.15) is 62.3 Å². The molecule has 0 aromatic heterocycles. The Hall–Kier alpha value is -2.53. The van der Waals surface area contributed by atoms with E-state index in [-0.39, 0.29) is 36.1 Å². The maximum absolute atomic E-state index is 11.2. The van der Waals surface area contributed by atoms with E-state index in [0.717, 1.165) is 35.5 Å². The molecular formula is C25H30O5. The van der Waals surface area contributed by atoms with Gasteiger partial charge in [0.2, 0.25) is 0 Å². The average molecular weight is 411 g/mol. The van der Waals surface area contributed by atoms with Crippen molar-refractivity contribution in [3.8, 4) is 11.5 Å². The monoisotopic (exact) mass is 410 g/mol.